The van der Waals surface area contributed by atoms with E-state index in [1.54, 1.807) is 12.1 Å². The highest BCUT2D eigenvalue weighted by Gasteiger charge is 2.05. The molecule has 1 aromatic heterocycles. The molecule has 0 spiro atoms. The lowest BCUT2D eigenvalue weighted by Gasteiger charge is -1.92. The average molecular weight is 209 g/mol. The average Bonchev–Trinajstić information content (AvgIpc) is 2.35. The van der Waals surface area contributed by atoms with E-state index in [0.29, 0.717) is 4.34 Å². The van der Waals surface area contributed by atoms with E-state index >= 15 is 0 Å². The van der Waals surface area contributed by atoms with Crippen molar-refractivity contribution in [1.82, 2.24) is 0 Å². The van der Waals surface area contributed by atoms with Gasteiger partial charge in [-0.1, -0.05) is 11.6 Å². The number of carbonyl (C=O) groups is 1. The van der Waals surface area contributed by atoms with Gasteiger partial charge in [0.25, 0.3) is 0 Å². The zero-order valence-electron chi connectivity index (χ0n) is 5.67. The van der Waals surface area contributed by atoms with Gasteiger partial charge in [0.1, 0.15) is 0 Å². The van der Waals surface area contributed by atoms with Crippen LogP contribution in [-0.4, -0.2) is 12.4 Å². The molecule has 0 aromatic carbocycles. The summed E-state index contributed by atoms with van der Waals surface area (Å²) in [7, 11) is 1.35. The van der Waals surface area contributed by atoms with Crippen LogP contribution in [0.3, 0.4) is 0 Å². The number of hydrogen-bond donors (Lipinski definition) is 0. The summed E-state index contributed by atoms with van der Waals surface area (Å²) in [6, 6.07) is 3.53. The minimum atomic E-state index is -0.316. The third-order valence-corrected chi connectivity index (χ3v) is 3.10. The van der Waals surface area contributed by atoms with E-state index in [4.69, 9.17) is 11.6 Å². The molecular weight excluding hydrogens is 204 g/mol. The Morgan fingerprint density at radius 2 is 2.45 bits per heavy atom. The van der Waals surface area contributed by atoms with Gasteiger partial charge in [0, 0.05) is 11.8 Å². The van der Waals surface area contributed by atoms with E-state index in [1.807, 2.05) is 0 Å². The highest BCUT2D eigenvalue weighted by Crippen LogP contribution is 2.30. The Labute approximate surface area is 77.5 Å². The Balaban J connectivity index is 2.57. The Bertz CT molecular complexity index is 259. The second-order valence-corrected chi connectivity index (χ2v) is 4.57. The van der Waals surface area contributed by atoms with Crippen LogP contribution in [0.15, 0.2) is 16.3 Å². The first-order chi connectivity index (χ1) is 5.22. The van der Waals surface area contributed by atoms with Crippen LogP contribution < -0.4 is 0 Å². The number of ether oxygens (including phenoxy) is 1. The lowest BCUT2D eigenvalue weighted by atomic mass is 10.7. The van der Waals surface area contributed by atoms with E-state index in [9.17, 15) is 4.79 Å². The molecule has 1 heterocycles. The molecular formula is C6H5ClO2S2. The van der Waals surface area contributed by atoms with Crippen molar-refractivity contribution in [2.45, 2.75) is 4.21 Å². The molecule has 0 unspecified atom stereocenters. The Hall–Kier alpha value is -0.190. The molecule has 0 radical (unpaired) electrons. The molecule has 1 aromatic rings. The van der Waals surface area contributed by atoms with E-state index in [0.717, 1.165) is 16.0 Å². The van der Waals surface area contributed by atoms with Crippen molar-refractivity contribution in [3.63, 3.8) is 0 Å². The standard InChI is InChI=1S/C6H5ClO2S2/c1-9-6(8)11-5-3-2-4(7)10-5/h2-3H,1H3. The van der Waals surface area contributed by atoms with Gasteiger partial charge in [-0.05, 0) is 12.1 Å². The summed E-state index contributed by atoms with van der Waals surface area (Å²) in [4.78, 5) is 10.7. The molecule has 0 aliphatic heterocycles. The summed E-state index contributed by atoms with van der Waals surface area (Å²) < 4.78 is 5.98. The maximum Gasteiger partial charge on any atom is 0.372 e. The zero-order chi connectivity index (χ0) is 8.27. The number of halogens is 1. The van der Waals surface area contributed by atoms with Crippen LogP contribution in [-0.2, 0) is 4.74 Å². The first-order valence-electron chi connectivity index (χ1n) is 2.73. The molecule has 1 rings (SSSR count). The molecule has 0 saturated heterocycles. The maximum atomic E-state index is 10.7. The van der Waals surface area contributed by atoms with Gasteiger partial charge >= 0.3 is 5.30 Å². The van der Waals surface area contributed by atoms with Crippen LogP contribution in [0.2, 0.25) is 4.34 Å². The van der Waals surface area contributed by atoms with Crippen molar-refractivity contribution in [3.8, 4) is 0 Å². The number of carbonyl (C=O) groups excluding carboxylic acids is 1. The number of methoxy groups -OCH3 is 1. The van der Waals surface area contributed by atoms with Gasteiger partial charge in [0.15, 0.2) is 0 Å². The fraction of sp³-hybridized carbons (Fsp3) is 0.167. The number of rotatable bonds is 1. The van der Waals surface area contributed by atoms with Gasteiger partial charge in [0.05, 0.1) is 15.7 Å². The van der Waals surface area contributed by atoms with Crippen LogP contribution in [0, 0.1) is 0 Å². The predicted molar refractivity (Wildman–Crippen MR) is 47.6 cm³/mol. The van der Waals surface area contributed by atoms with E-state index in [2.05, 4.69) is 4.74 Å². The van der Waals surface area contributed by atoms with Crippen LogP contribution in [0.4, 0.5) is 4.79 Å². The SMILES string of the molecule is COC(=O)Sc1ccc(Cl)s1. The Morgan fingerprint density at radius 1 is 1.73 bits per heavy atom. The van der Waals surface area contributed by atoms with Crippen LogP contribution >= 0.6 is 34.7 Å². The molecule has 2 nitrogen and oxygen atoms in total. The Morgan fingerprint density at radius 3 is 2.91 bits per heavy atom. The summed E-state index contributed by atoms with van der Waals surface area (Å²) in [5.41, 5.74) is 0. The molecule has 0 atom stereocenters. The first kappa shape index (κ1) is 8.90. The molecule has 0 fully saturated rings. The zero-order valence-corrected chi connectivity index (χ0v) is 8.05. The fourth-order valence-corrected chi connectivity index (χ4v) is 2.41. The lowest BCUT2D eigenvalue weighted by Crippen LogP contribution is -1.87. The maximum absolute atomic E-state index is 10.7. The van der Waals surface area contributed by atoms with Crippen LogP contribution in [0.5, 0.6) is 0 Å². The van der Waals surface area contributed by atoms with E-state index in [-0.39, 0.29) is 5.30 Å². The molecule has 60 valence electrons. The topological polar surface area (TPSA) is 26.3 Å². The van der Waals surface area contributed by atoms with Crippen molar-refractivity contribution in [1.29, 1.82) is 0 Å². The largest absolute Gasteiger partial charge is 0.461 e. The molecule has 0 aliphatic carbocycles. The quantitative estimate of drug-likeness (QED) is 0.524. The van der Waals surface area contributed by atoms with Gasteiger partial charge in [-0.25, -0.2) is 4.79 Å². The number of thioether (sulfide) groups is 1. The van der Waals surface area contributed by atoms with Gasteiger partial charge in [-0.3, -0.25) is 0 Å². The molecule has 5 heteroatoms. The minimum Gasteiger partial charge on any atom is -0.461 e. The van der Waals surface area contributed by atoms with Crippen LogP contribution in [0.25, 0.3) is 0 Å². The third-order valence-electron chi connectivity index (χ3n) is 0.899. The van der Waals surface area contributed by atoms with Crippen LogP contribution in [0.1, 0.15) is 0 Å². The molecule has 0 saturated carbocycles. The Kier molecular flexibility index (Phi) is 3.23. The second-order valence-electron chi connectivity index (χ2n) is 1.61. The number of hydrogen-bond acceptors (Lipinski definition) is 4. The van der Waals surface area contributed by atoms with Crippen molar-refractivity contribution in [2.24, 2.45) is 0 Å². The minimum absolute atomic E-state index is 0.316. The molecule has 0 N–H and O–H groups in total. The summed E-state index contributed by atoms with van der Waals surface area (Å²) in [6.07, 6.45) is 0. The summed E-state index contributed by atoms with van der Waals surface area (Å²) >= 11 is 8.04. The first-order valence-corrected chi connectivity index (χ1v) is 4.74. The molecule has 0 aliphatic rings. The third kappa shape index (κ3) is 2.73. The molecule has 0 amide bonds. The smallest absolute Gasteiger partial charge is 0.372 e. The van der Waals surface area contributed by atoms with E-state index < -0.39 is 0 Å². The summed E-state index contributed by atoms with van der Waals surface area (Å²) in [6.45, 7) is 0. The fourth-order valence-electron chi connectivity index (χ4n) is 0.476. The van der Waals surface area contributed by atoms with Gasteiger partial charge in [-0.2, -0.15) is 0 Å². The van der Waals surface area contributed by atoms with E-state index in [1.165, 1.54) is 18.4 Å². The van der Waals surface area contributed by atoms with Gasteiger partial charge in [-0.15, -0.1) is 11.3 Å². The van der Waals surface area contributed by atoms with Crippen molar-refractivity contribution in [2.75, 3.05) is 7.11 Å². The highest BCUT2D eigenvalue weighted by molar-refractivity contribution is 8.14. The van der Waals surface area contributed by atoms with Crippen molar-refractivity contribution < 1.29 is 9.53 Å². The lowest BCUT2D eigenvalue weighted by molar-refractivity contribution is 0.200. The second kappa shape index (κ2) is 3.99. The number of thiophene rings is 1. The molecule has 0 bridgehead atoms. The monoisotopic (exact) mass is 208 g/mol. The van der Waals surface area contributed by atoms with Gasteiger partial charge in [0.2, 0.25) is 0 Å². The normalized spacial score (nSPS) is 9.64. The summed E-state index contributed by atoms with van der Waals surface area (Å²) in [5, 5.41) is -0.316. The van der Waals surface area contributed by atoms with Gasteiger partial charge < -0.3 is 4.74 Å². The predicted octanol–water partition coefficient (Wildman–Crippen LogP) is 3.26. The van der Waals surface area contributed by atoms with Crippen molar-refractivity contribution >= 4 is 40.0 Å². The molecule has 11 heavy (non-hydrogen) atoms. The highest BCUT2D eigenvalue weighted by atomic mass is 35.5. The van der Waals surface area contributed by atoms with Crippen molar-refractivity contribution in [3.05, 3.63) is 16.5 Å². The summed E-state index contributed by atoms with van der Waals surface area (Å²) in [5.74, 6) is 0.